The summed E-state index contributed by atoms with van der Waals surface area (Å²) in [5.74, 6) is 2.08. The van der Waals surface area contributed by atoms with Crippen LogP contribution in [0.4, 0.5) is 0 Å². The largest absolute Gasteiger partial charge is 0.338 e. The molecule has 0 unspecified atom stereocenters. The monoisotopic (exact) mass is 309 g/mol. The Balaban J connectivity index is 1.38. The lowest BCUT2D eigenvalue weighted by Crippen LogP contribution is -2.17. The molecule has 0 N–H and O–H groups in total. The van der Waals surface area contributed by atoms with E-state index in [1.807, 2.05) is 48.3 Å². The Labute approximate surface area is 134 Å². The summed E-state index contributed by atoms with van der Waals surface area (Å²) >= 11 is 0. The fourth-order valence-electron chi connectivity index (χ4n) is 2.60. The van der Waals surface area contributed by atoms with E-state index < -0.39 is 0 Å². The smallest absolute Gasteiger partial charge is 0.240 e. The van der Waals surface area contributed by atoms with Crippen molar-refractivity contribution < 1.29 is 4.52 Å². The molecule has 3 aromatic rings. The zero-order valence-corrected chi connectivity index (χ0v) is 13.1. The molecule has 0 amide bonds. The second kappa shape index (κ2) is 5.96. The van der Waals surface area contributed by atoms with Crippen molar-refractivity contribution in [2.75, 3.05) is 7.05 Å². The van der Waals surface area contributed by atoms with Crippen molar-refractivity contribution >= 4 is 0 Å². The third-order valence-electron chi connectivity index (χ3n) is 3.94. The molecule has 0 saturated heterocycles. The predicted octanol–water partition coefficient (Wildman–Crippen LogP) is 2.76. The molecule has 6 heteroatoms. The summed E-state index contributed by atoms with van der Waals surface area (Å²) in [6, 6.07) is 10.1. The second-order valence-corrected chi connectivity index (χ2v) is 6.12. The maximum absolute atomic E-state index is 5.33. The minimum atomic E-state index is 0.530. The second-order valence-electron chi connectivity index (χ2n) is 6.12. The minimum absolute atomic E-state index is 0.530. The number of rotatable bonds is 6. The SMILES string of the molecule is CN(Cc1cnn(-c2ccccc2)c1)Cc1nc(C2CC2)no1. The van der Waals surface area contributed by atoms with Crippen LogP contribution in [0.25, 0.3) is 5.69 Å². The van der Waals surface area contributed by atoms with Gasteiger partial charge in [-0.1, -0.05) is 23.4 Å². The molecule has 1 fully saturated rings. The molecule has 0 spiro atoms. The van der Waals surface area contributed by atoms with Crippen LogP contribution in [0.3, 0.4) is 0 Å². The van der Waals surface area contributed by atoms with Gasteiger partial charge in [0.05, 0.1) is 18.4 Å². The van der Waals surface area contributed by atoms with Crippen molar-refractivity contribution in [2.45, 2.75) is 31.8 Å². The Morgan fingerprint density at radius 3 is 2.83 bits per heavy atom. The summed E-state index contributed by atoms with van der Waals surface area (Å²) in [6.07, 6.45) is 6.32. The van der Waals surface area contributed by atoms with Crippen LogP contribution in [0.2, 0.25) is 0 Å². The Morgan fingerprint density at radius 1 is 1.22 bits per heavy atom. The first-order chi connectivity index (χ1) is 11.3. The lowest BCUT2D eigenvalue weighted by molar-refractivity contribution is 0.260. The molecule has 0 bridgehead atoms. The summed E-state index contributed by atoms with van der Waals surface area (Å²) < 4.78 is 7.22. The lowest BCUT2D eigenvalue weighted by atomic mass is 10.3. The zero-order valence-electron chi connectivity index (χ0n) is 13.1. The molecule has 1 aromatic carbocycles. The highest BCUT2D eigenvalue weighted by atomic mass is 16.5. The van der Waals surface area contributed by atoms with Crippen LogP contribution < -0.4 is 0 Å². The van der Waals surface area contributed by atoms with Crippen molar-refractivity contribution in [1.29, 1.82) is 0 Å². The molecule has 4 rings (SSSR count). The highest BCUT2D eigenvalue weighted by molar-refractivity contribution is 5.30. The fraction of sp³-hybridized carbons (Fsp3) is 0.353. The summed E-state index contributed by atoms with van der Waals surface area (Å²) in [6.45, 7) is 1.43. The normalized spacial score (nSPS) is 14.5. The molecule has 0 atom stereocenters. The molecule has 1 aliphatic rings. The van der Waals surface area contributed by atoms with Gasteiger partial charge in [-0.3, -0.25) is 4.90 Å². The molecule has 1 aliphatic carbocycles. The van der Waals surface area contributed by atoms with Crippen LogP contribution in [0.15, 0.2) is 47.2 Å². The van der Waals surface area contributed by atoms with Crippen LogP contribution >= 0.6 is 0 Å². The predicted molar refractivity (Wildman–Crippen MR) is 85.0 cm³/mol. The standard InChI is InChI=1S/C17H19N5O/c1-21(12-16-19-17(20-23-16)14-7-8-14)10-13-9-18-22(11-13)15-5-3-2-4-6-15/h2-6,9,11,14H,7-8,10,12H2,1H3. The fourth-order valence-corrected chi connectivity index (χ4v) is 2.60. The first kappa shape index (κ1) is 14.1. The van der Waals surface area contributed by atoms with Gasteiger partial charge in [0.25, 0.3) is 0 Å². The molecule has 23 heavy (non-hydrogen) atoms. The van der Waals surface area contributed by atoms with Gasteiger partial charge in [-0.15, -0.1) is 0 Å². The van der Waals surface area contributed by atoms with Gasteiger partial charge in [-0.25, -0.2) is 4.68 Å². The van der Waals surface area contributed by atoms with E-state index in [4.69, 9.17) is 4.52 Å². The average Bonchev–Trinajstić information content (AvgIpc) is 3.14. The van der Waals surface area contributed by atoms with Gasteiger partial charge in [-0.2, -0.15) is 10.1 Å². The molecule has 118 valence electrons. The number of nitrogens with zero attached hydrogens (tertiary/aromatic N) is 5. The first-order valence-electron chi connectivity index (χ1n) is 7.88. The van der Waals surface area contributed by atoms with Crippen LogP contribution in [0, 0.1) is 0 Å². The van der Waals surface area contributed by atoms with Crippen molar-refractivity contribution in [3.05, 3.63) is 60.0 Å². The molecule has 2 heterocycles. The Morgan fingerprint density at radius 2 is 2.04 bits per heavy atom. The van der Waals surface area contributed by atoms with Crippen LogP contribution in [-0.2, 0) is 13.1 Å². The zero-order chi connectivity index (χ0) is 15.6. The maximum Gasteiger partial charge on any atom is 0.240 e. The van der Waals surface area contributed by atoms with Crippen molar-refractivity contribution in [1.82, 2.24) is 24.8 Å². The van der Waals surface area contributed by atoms with E-state index >= 15 is 0 Å². The van der Waals surface area contributed by atoms with E-state index in [-0.39, 0.29) is 0 Å². The molecule has 6 nitrogen and oxygen atoms in total. The van der Waals surface area contributed by atoms with Crippen molar-refractivity contribution in [3.63, 3.8) is 0 Å². The lowest BCUT2D eigenvalue weighted by Gasteiger charge is -2.12. The summed E-state index contributed by atoms with van der Waals surface area (Å²) in [5, 5.41) is 8.47. The van der Waals surface area contributed by atoms with Gasteiger partial charge < -0.3 is 4.52 Å². The Bertz CT molecular complexity index is 775. The molecule has 2 aromatic heterocycles. The highest BCUT2D eigenvalue weighted by Crippen LogP contribution is 2.38. The van der Waals surface area contributed by atoms with E-state index in [0.717, 1.165) is 23.6 Å². The molecular formula is C17H19N5O. The Kier molecular flexibility index (Phi) is 3.67. The number of hydrogen-bond acceptors (Lipinski definition) is 5. The van der Waals surface area contributed by atoms with Crippen molar-refractivity contribution in [2.24, 2.45) is 0 Å². The van der Waals surface area contributed by atoms with Gasteiger partial charge in [0, 0.05) is 24.2 Å². The topological polar surface area (TPSA) is 60.0 Å². The van der Waals surface area contributed by atoms with E-state index in [1.54, 1.807) is 0 Å². The summed E-state index contributed by atoms with van der Waals surface area (Å²) in [5.41, 5.74) is 2.21. The Hall–Kier alpha value is -2.47. The number of benzene rings is 1. The number of para-hydroxylation sites is 1. The highest BCUT2D eigenvalue weighted by Gasteiger charge is 2.28. The number of aromatic nitrogens is 4. The van der Waals surface area contributed by atoms with Crippen LogP contribution in [-0.4, -0.2) is 31.9 Å². The summed E-state index contributed by atoms with van der Waals surface area (Å²) in [4.78, 5) is 6.62. The van der Waals surface area contributed by atoms with Gasteiger partial charge in [0.15, 0.2) is 5.82 Å². The molecule has 1 saturated carbocycles. The van der Waals surface area contributed by atoms with E-state index in [1.165, 1.54) is 12.8 Å². The van der Waals surface area contributed by atoms with E-state index in [9.17, 15) is 0 Å². The quantitative estimate of drug-likeness (QED) is 0.700. The maximum atomic E-state index is 5.33. The van der Waals surface area contributed by atoms with Gasteiger partial charge in [0.2, 0.25) is 5.89 Å². The third kappa shape index (κ3) is 3.32. The minimum Gasteiger partial charge on any atom is -0.338 e. The van der Waals surface area contributed by atoms with Crippen LogP contribution in [0.1, 0.15) is 36.0 Å². The van der Waals surface area contributed by atoms with E-state index in [0.29, 0.717) is 18.4 Å². The molecule has 0 aliphatic heterocycles. The number of hydrogen-bond donors (Lipinski definition) is 0. The van der Waals surface area contributed by atoms with Gasteiger partial charge in [-0.05, 0) is 32.0 Å². The van der Waals surface area contributed by atoms with E-state index in [2.05, 4.69) is 26.3 Å². The van der Waals surface area contributed by atoms with Crippen LogP contribution in [0.5, 0.6) is 0 Å². The first-order valence-corrected chi connectivity index (χ1v) is 7.88. The molecule has 0 radical (unpaired) electrons. The van der Waals surface area contributed by atoms with Gasteiger partial charge >= 0.3 is 0 Å². The molecular weight excluding hydrogens is 290 g/mol. The van der Waals surface area contributed by atoms with Crippen molar-refractivity contribution in [3.8, 4) is 5.69 Å². The average molecular weight is 309 g/mol. The van der Waals surface area contributed by atoms with Gasteiger partial charge in [0.1, 0.15) is 0 Å². The third-order valence-corrected chi connectivity index (χ3v) is 3.94. The summed E-state index contributed by atoms with van der Waals surface area (Å²) in [7, 11) is 2.04.